The van der Waals surface area contributed by atoms with Crippen molar-refractivity contribution in [2.75, 3.05) is 6.61 Å². The topological polar surface area (TPSA) is 32.3 Å². The van der Waals surface area contributed by atoms with Gasteiger partial charge in [-0.25, -0.2) is 0 Å². The predicted molar refractivity (Wildman–Crippen MR) is 75.4 cm³/mol. The summed E-state index contributed by atoms with van der Waals surface area (Å²) in [6.45, 7) is 4.85. The van der Waals surface area contributed by atoms with Crippen LogP contribution in [0.1, 0.15) is 45.1 Å². The Hall–Kier alpha value is -0.860. The van der Waals surface area contributed by atoms with Gasteiger partial charge in [0.05, 0.1) is 0 Å². The second-order valence-electron chi connectivity index (χ2n) is 5.81. The zero-order valence-corrected chi connectivity index (χ0v) is 11.5. The average Bonchev–Trinajstić information content (AvgIpc) is 2.83. The molecule has 0 aliphatic carbocycles. The molecule has 1 heterocycles. The zero-order chi connectivity index (χ0) is 13.0. The van der Waals surface area contributed by atoms with Gasteiger partial charge in [0.2, 0.25) is 0 Å². The smallest absolute Gasteiger partial charge is 0.0438 e. The number of rotatable bonds is 5. The molecule has 0 bridgehead atoms. The van der Waals surface area contributed by atoms with Crippen molar-refractivity contribution in [3.63, 3.8) is 0 Å². The van der Waals surface area contributed by atoms with Crippen LogP contribution in [-0.4, -0.2) is 17.8 Å². The Kier molecular flexibility index (Phi) is 4.41. The molecule has 2 atom stereocenters. The van der Waals surface area contributed by atoms with Crippen molar-refractivity contribution in [1.29, 1.82) is 0 Å². The van der Waals surface area contributed by atoms with E-state index in [1.165, 1.54) is 18.4 Å². The van der Waals surface area contributed by atoms with E-state index in [9.17, 15) is 0 Å². The predicted octanol–water partition coefficient (Wildman–Crippen LogP) is 3.06. The van der Waals surface area contributed by atoms with Gasteiger partial charge in [-0.05, 0) is 37.2 Å². The Morgan fingerprint density at radius 1 is 1.33 bits per heavy atom. The van der Waals surface area contributed by atoms with Crippen LogP contribution < -0.4 is 5.32 Å². The van der Waals surface area contributed by atoms with Crippen LogP contribution in [0.4, 0.5) is 0 Å². The highest BCUT2D eigenvalue weighted by atomic mass is 16.2. The summed E-state index contributed by atoms with van der Waals surface area (Å²) < 4.78 is 0. The molecule has 1 aromatic rings. The molecule has 0 radical (unpaired) electrons. The van der Waals surface area contributed by atoms with Crippen molar-refractivity contribution >= 4 is 0 Å². The van der Waals surface area contributed by atoms with Crippen LogP contribution in [0, 0.1) is 5.92 Å². The number of nitrogens with one attached hydrogen (secondary N) is 1. The average molecular weight is 247 g/mol. The van der Waals surface area contributed by atoms with E-state index in [0.29, 0.717) is 12.0 Å². The minimum absolute atomic E-state index is 0.0823. The van der Waals surface area contributed by atoms with Crippen molar-refractivity contribution in [3.05, 3.63) is 35.9 Å². The van der Waals surface area contributed by atoms with Gasteiger partial charge in [-0.1, -0.05) is 44.2 Å². The van der Waals surface area contributed by atoms with Gasteiger partial charge in [0.1, 0.15) is 0 Å². The number of hydrogen-bond acceptors (Lipinski definition) is 2. The van der Waals surface area contributed by atoms with Gasteiger partial charge in [0, 0.05) is 18.2 Å². The van der Waals surface area contributed by atoms with Crippen LogP contribution >= 0.6 is 0 Å². The molecule has 2 rings (SSSR count). The molecule has 1 saturated heterocycles. The minimum atomic E-state index is 0.0823. The molecule has 2 heteroatoms. The minimum Gasteiger partial charge on any atom is -0.396 e. The molecule has 0 unspecified atom stereocenters. The molecule has 1 aliphatic rings. The third-order valence-electron chi connectivity index (χ3n) is 4.24. The number of aliphatic hydroxyl groups is 1. The lowest BCUT2D eigenvalue weighted by molar-refractivity contribution is 0.243. The molecule has 1 aromatic carbocycles. The van der Waals surface area contributed by atoms with Gasteiger partial charge in [-0.3, -0.25) is 0 Å². The first-order valence-corrected chi connectivity index (χ1v) is 7.12. The second-order valence-corrected chi connectivity index (χ2v) is 5.81. The monoisotopic (exact) mass is 247 g/mol. The summed E-state index contributed by atoms with van der Waals surface area (Å²) in [5.41, 5.74) is 1.46. The van der Waals surface area contributed by atoms with E-state index >= 15 is 0 Å². The molecule has 100 valence electrons. The lowest BCUT2D eigenvalue weighted by atomic mass is 9.84. The summed E-state index contributed by atoms with van der Waals surface area (Å²) in [4.78, 5) is 0. The molecule has 0 aromatic heterocycles. The van der Waals surface area contributed by atoms with Gasteiger partial charge in [-0.15, -0.1) is 0 Å². The fraction of sp³-hybridized carbons (Fsp3) is 0.625. The van der Waals surface area contributed by atoms with E-state index in [1.807, 2.05) is 0 Å². The summed E-state index contributed by atoms with van der Waals surface area (Å²) >= 11 is 0. The van der Waals surface area contributed by atoms with Crippen LogP contribution in [0.5, 0.6) is 0 Å². The molecule has 1 aliphatic heterocycles. The summed E-state index contributed by atoms with van der Waals surface area (Å²) in [7, 11) is 0. The molecular formula is C16H25NO. The van der Waals surface area contributed by atoms with Crippen molar-refractivity contribution in [1.82, 2.24) is 5.32 Å². The van der Waals surface area contributed by atoms with Crippen LogP contribution in [-0.2, 0) is 5.54 Å². The van der Waals surface area contributed by atoms with Gasteiger partial charge in [0.15, 0.2) is 0 Å². The Morgan fingerprint density at radius 3 is 2.61 bits per heavy atom. The fourth-order valence-corrected chi connectivity index (χ4v) is 3.11. The fourth-order valence-electron chi connectivity index (χ4n) is 3.11. The lowest BCUT2D eigenvalue weighted by Gasteiger charge is -2.32. The molecular weight excluding hydrogens is 222 g/mol. The third-order valence-corrected chi connectivity index (χ3v) is 4.24. The van der Waals surface area contributed by atoms with Crippen LogP contribution in [0.25, 0.3) is 0 Å². The van der Waals surface area contributed by atoms with Gasteiger partial charge >= 0.3 is 0 Å². The summed E-state index contributed by atoms with van der Waals surface area (Å²) in [5.74, 6) is 0.671. The van der Waals surface area contributed by atoms with E-state index in [2.05, 4.69) is 49.5 Å². The number of aliphatic hydroxyl groups excluding tert-OH is 1. The highest BCUT2D eigenvalue weighted by Gasteiger charge is 2.39. The van der Waals surface area contributed by atoms with Crippen molar-refractivity contribution < 1.29 is 5.11 Å². The molecule has 2 N–H and O–H groups in total. The first kappa shape index (κ1) is 13.6. The SMILES string of the molecule is CC(C)[C@H]1CC[C@@](CCCO)(c2ccccc2)N1. The van der Waals surface area contributed by atoms with E-state index in [0.717, 1.165) is 12.8 Å². The lowest BCUT2D eigenvalue weighted by Crippen LogP contribution is -2.42. The zero-order valence-electron chi connectivity index (χ0n) is 11.5. The number of hydrogen-bond donors (Lipinski definition) is 2. The van der Waals surface area contributed by atoms with Gasteiger partial charge in [-0.2, -0.15) is 0 Å². The third kappa shape index (κ3) is 2.76. The molecule has 0 amide bonds. The van der Waals surface area contributed by atoms with Crippen LogP contribution in [0.3, 0.4) is 0 Å². The second kappa shape index (κ2) is 5.85. The normalized spacial score (nSPS) is 27.9. The maximum atomic E-state index is 9.14. The first-order chi connectivity index (χ1) is 8.68. The van der Waals surface area contributed by atoms with E-state index < -0.39 is 0 Å². The molecule has 0 saturated carbocycles. The van der Waals surface area contributed by atoms with Crippen molar-refractivity contribution in [3.8, 4) is 0 Å². The molecule has 18 heavy (non-hydrogen) atoms. The van der Waals surface area contributed by atoms with Crippen molar-refractivity contribution in [2.24, 2.45) is 5.92 Å². The highest BCUT2D eigenvalue weighted by molar-refractivity contribution is 5.26. The quantitative estimate of drug-likeness (QED) is 0.838. The van der Waals surface area contributed by atoms with Gasteiger partial charge in [0.25, 0.3) is 0 Å². The Morgan fingerprint density at radius 2 is 2.06 bits per heavy atom. The summed E-state index contributed by atoms with van der Waals surface area (Å²) in [5, 5.41) is 13.0. The number of benzene rings is 1. The molecule has 0 spiro atoms. The largest absolute Gasteiger partial charge is 0.396 e. The molecule has 2 nitrogen and oxygen atoms in total. The van der Waals surface area contributed by atoms with Crippen molar-refractivity contribution in [2.45, 2.75) is 51.1 Å². The first-order valence-electron chi connectivity index (χ1n) is 7.12. The van der Waals surface area contributed by atoms with Crippen LogP contribution in [0.15, 0.2) is 30.3 Å². The maximum absolute atomic E-state index is 9.14. The maximum Gasteiger partial charge on any atom is 0.0438 e. The summed E-state index contributed by atoms with van der Waals surface area (Å²) in [6, 6.07) is 11.3. The Bertz CT molecular complexity index is 363. The van der Waals surface area contributed by atoms with E-state index in [-0.39, 0.29) is 12.1 Å². The highest BCUT2D eigenvalue weighted by Crippen LogP contribution is 2.39. The Labute approximate surface area is 110 Å². The Balaban J connectivity index is 2.20. The molecule has 1 fully saturated rings. The van der Waals surface area contributed by atoms with E-state index in [1.54, 1.807) is 0 Å². The summed E-state index contributed by atoms with van der Waals surface area (Å²) in [6.07, 6.45) is 4.31. The standard InChI is InChI=1S/C16H25NO/c1-13(2)15-9-11-16(17-15,10-6-12-18)14-7-4-3-5-8-14/h3-5,7-8,13,15,17-18H,6,9-12H2,1-2H3/t15-,16+/m1/s1. The van der Waals surface area contributed by atoms with Gasteiger partial charge < -0.3 is 10.4 Å². The van der Waals surface area contributed by atoms with E-state index in [4.69, 9.17) is 5.11 Å². The van der Waals surface area contributed by atoms with Crippen LogP contribution in [0.2, 0.25) is 0 Å².